The van der Waals surface area contributed by atoms with Crippen molar-refractivity contribution in [3.8, 4) is 44.5 Å². The van der Waals surface area contributed by atoms with Gasteiger partial charge in [0.25, 0.3) is 0 Å². The molecular weight excluding hydrogens is 584 g/mol. The zero-order chi connectivity index (χ0) is 32.8. The second-order valence-electron chi connectivity index (χ2n) is 10.2. The second-order valence-corrected chi connectivity index (χ2v) is 10.2. The number of benzene rings is 5. The molecule has 0 radical (unpaired) electrons. The molecule has 230 valence electrons. The maximum absolute atomic E-state index is 12.2. The molecule has 0 aliphatic carbocycles. The van der Waals surface area contributed by atoms with Crippen LogP contribution in [0.15, 0.2) is 109 Å². The largest absolute Gasteiger partial charge is 0.465 e. The van der Waals surface area contributed by atoms with E-state index in [0.717, 1.165) is 44.5 Å². The van der Waals surface area contributed by atoms with Crippen molar-refractivity contribution in [2.45, 2.75) is 0 Å². The molecule has 0 fully saturated rings. The molecule has 0 aliphatic heterocycles. The van der Waals surface area contributed by atoms with Gasteiger partial charge in [-0.2, -0.15) is 0 Å². The monoisotopic (exact) mass is 614 g/mol. The second kappa shape index (κ2) is 13.7. The highest BCUT2D eigenvalue weighted by Gasteiger charge is 2.18. The van der Waals surface area contributed by atoms with Crippen LogP contribution in [0.5, 0.6) is 0 Å². The van der Waals surface area contributed by atoms with E-state index in [4.69, 9.17) is 18.9 Å². The van der Waals surface area contributed by atoms with Crippen molar-refractivity contribution in [3.05, 3.63) is 131 Å². The van der Waals surface area contributed by atoms with Crippen molar-refractivity contribution in [2.75, 3.05) is 28.4 Å². The van der Waals surface area contributed by atoms with E-state index in [9.17, 15) is 19.2 Å². The van der Waals surface area contributed by atoms with Crippen molar-refractivity contribution < 1.29 is 38.1 Å². The van der Waals surface area contributed by atoms with E-state index in [2.05, 4.69) is 0 Å². The SMILES string of the molecule is COC(=O)c1ccc(-c2cc(-c3ccc(C(=O)OC)cc3)c(-c3ccc(C(=O)OC)cc3)cc2-c2ccc(C(=O)OC)cc2)cc1. The standard InChI is InChI=1S/C38H30O8/c1-43-35(39)27-13-5-23(6-14-27)31-21-33(25-9-17-29(18-10-25)37(41)45-3)34(26-11-19-30(20-12-26)38(42)46-4)22-32(31)24-7-15-28(16-8-24)36(40)44-2/h5-22H,1-4H3. The first-order valence-corrected chi connectivity index (χ1v) is 14.2. The normalized spacial score (nSPS) is 10.5. The molecule has 0 amide bonds. The van der Waals surface area contributed by atoms with Gasteiger partial charge in [0.05, 0.1) is 50.7 Å². The van der Waals surface area contributed by atoms with Crippen LogP contribution in [0.3, 0.4) is 0 Å². The van der Waals surface area contributed by atoms with E-state index < -0.39 is 23.9 Å². The molecule has 0 aromatic heterocycles. The first kappa shape index (κ1) is 31.4. The van der Waals surface area contributed by atoms with E-state index in [1.807, 2.05) is 60.7 Å². The third-order valence-corrected chi connectivity index (χ3v) is 7.63. The Hall–Kier alpha value is -6.02. The number of methoxy groups -OCH3 is 4. The Bertz CT molecular complexity index is 1620. The van der Waals surface area contributed by atoms with Gasteiger partial charge in [0.15, 0.2) is 0 Å². The minimum atomic E-state index is -0.442. The van der Waals surface area contributed by atoms with Crippen LogP contribution < -0.4 is 0 Å². The van der Waals surface area contributed by atoms with Crippen molar-refractivity contribution in [3.63, 3.8) is 0 Å². The molecule has 5 aromatic carbocycles. The van der Waals surface area contributed by atoms with Crippen LogP contribution in [-0.4, -0.2) is 52.3 Å². The van der Waals surface area contributed by atoms with E-state index in [1.165, 1.54) is 28.4 Å². The minimum absolute atomic E-state index is 0.413. The predicted molar refractivity (Wildman–Crippen MR) is 174 cm³/mol. The van der Waals surface area contributed by atoms with Crippen LogP contribution in [-0.2, 0) is 18.9 Å². The summed E-state index contributed by atoms with van der Waals surface area (Å²) in [7, 11) is 5.34. The molecule has 46 heavy (non-hydrogen) atoms. The molecule has 0 aliphatic rings. The van der Waals surface area contributed by atoms with Gasteiger partial charge in [-0.15, -0.1) is 0 Å². The van der Waals surface area contributed by atoms with Crippen LogP contribution in [0.2, 0.25) is 0 Å². The molecule has 8 heteroatoms. The Morgan fingerprint density at radius 3 is 0.652 bits per heavy atom. The Balaban J connectivity index is 1.77. The van der Waals surface area contributed by atoms with Gasteiger partial charge in [0, 0.05) is 0 Å². The lowest BCUT2D eigenvalue weighted by Gasteiger charge is -2.19. The molecule has 0 N–H and O–H groups in total. The molecule has 8 nitrogen and oxygen atoms in total. The van der Waals surface area contributed by atoms with E-state index >= 15 is 0 Å². The summed E-state index contributed by atoms with van der Waals surface area (Å²) in [6, 6.07) is 32.5. The fourth-order valence-corrected chi connectivity index (χ4v) is 5.17. The molecule has 0 bridgehead atoms. The molecule has 0 saturated heterocycles. The number of rotatable bonds is 8. The first-order chi connectivity index (χ1) is 22.3. The van der Waals surface area contributed by atoms with Gasteiger partial charge in [-0.25, -0.2) is 19.2 Å². The molecule has 0 saturated carbocycles. The van der Waals surface area contributed by atoms with Gasteiger partial charge in [-0.1, -0.05) is 48.5 Å². The topological polar surface area (TPSA) is 105 Å². The zero-order valence-electron chi connectivity index (χ0n) is 25.7. The molecule has 0 spiro atoms. The van der Waals surface area contributed by atoms with E-state index in [1.54, 1.807) is 48.5 Å². The average Bonchev–Trinajstić information content (AvgIpc) is 3.13. The maximum atomic E-state index is 12.2. The van der Waals surface area contributed by atoms with E-state index in [-0.39, 0.29) is 0 Å². The Morgan fingerprint density at radius 2 is 0.500 bits per heavy atom. The van der Waals surface area contributed by atoms with Crippen LogP contribution in [0.1, 0.15) is 41.4 Å². The highest BCUT2D eigenvalue weighted by molar-refractivity contribution is 5.98. The third kappa shape index (κ3) is 6.42. The number of carbonyl (C=O) groups is 4. The summed E-state index contributed by atoms with van der Waals surface area (Å²) in [6.45, 7) is 0. The number of hydrogen-bond acceptors (Lipinski definition) is 8. The summed E-state index contributed by atoms with van der Waals surface area (Å²) >= 11 is 0. The summed E-state index contributed by atoms with van der Waals surface area (Å²) in [5.41, 5.74) is 8.39. The van der Waals surface area contributed by atoms with Crippen molar-refractivity contribution in [1.82, 2.24) is 0 Å². The lowest BCUT2D eigenvalue weighted by Crippen LogP contribution is -2.02. The van der Waals surface area contributed by atoms with Crippen LogP contribution in [0.25, 0.3) is 44.5 Å². The van der Waals surface area contributed by atoms with Gasteiger partial charge in [-0.05, 0) is 105 Å². The highest BCUT2D eigenvalue weighted by atomic mass is 16.5. The summed E-state index contributed by atoms with van der Waals surface area (Å²) in [4.78, 5) is 48.7. The summed E-state index contributed by atoms with van der Waals surface area (Å²) in [5.74, 6) is -1.77. The van der Waals surface area contributed by atoms with Gasteiger partial charge < -0.3 is 18.9 Å². The van der Waals surface area contributed by atoms with Gasteiger partial charge in [-0.3, -0.25) is 0 Å². The van der Waals surface area contributed by atoms with Gasteiger partial charge in [0.1, 0.15) is 0 Å². The molecule has 0 atom stereocenters. The number of carbonyl (C=O) groups excluding carboxylic acids is 4. The summed E-state index contributed by atoms with van der Waals surface area (Å²) in [6.07, 6.45) is 0. The molecular formula is C38H30O8. The smallest absolute Gasteiger partial charge is 0.337 e. The maximum Gasteiger partial charge on any atom is 0.337 e. The fourth-order valence-electron chi connectivity index (χ4n) is 5.17. The lowest BCUT2D eigenvalue weighted by molar-refractivity contribution is 0.0592. The number of esters is 4. The lowest BCUT2D eigenvalue weighted by atomic mass is 9.85. The van der Waals surface area contributed by atoms with E-state index in [0.29, 0.717) is 22.3 Å². The molecule has 5 rings (SSSR count). The van der Waals surface area contributed by atoms with Crippen molar-refractivity contribution >= 4 is 23.9 Å². The molecule has 0 heterocycles. The Labute approximate surface area is 266 Å². The number of hydrogen-bond donors (Lipinski definition) is 0. The van der Waals surface area contributed by atoms with Gasteiger partial charge in [0.2, 0.25) is 0 Å². The number of ether oxygens (including phenoxy) is 4. The quantitative estimate of drug-likeness (QED) is 0.131. The van der Waals surface area contributed by atoms with Crippen molar-refractivity contribution in [2.24, 2.45) is 0 Å². The predicted octanol–water partition coefficient (Wildman–Crippen LogP) is 7.50. The Morgan fingerprint density at radius 1 is 0.326 bits per heavy atom. The minimum Gasteiger partial charge on any atom is -0.465 e. The summed E-state index contributed by atoms with van der Waals surface area (Å²) < 4.78 is 19.5. The highest BCUT2D eigenvalue weighted by Crippen LogP contribution is 2.42. The van der Waals surface area contributed by atoms with Crippen molar-refractivity contribution in [1.29, 1.82) is 0 Å². The molecule has 5 aromatic rings. The first-order valence-electron chi connectivity index (χ1n) is 14.2. The van der Waals surface area contributed by atoms with Crippen LogP contribution in [0, 0.1) is 0 Å². The van der Waals surface area contributed by atoms with Gasteiger partial charge >= 0.3 is 23.9 Å². The Kier molecular flexibility index (Phi) is 9.38. The van der Waals surface area contributed by atoms with Crippen LogP contribution >= 0.6 is 0 Å². The fraction of sp³-hybridized carbons (Fsp3) is 0.105. The average molecular weight is 615 g/mol. The third-order valence-electron chi connectivity index (χ3n) is 7.63. The van der Waals surface area contributed by atoms with Crippen LogP contribution in [0.4, 0.5) is 0 Å². The zero-order valence-corrected chi connectivity index (χ0v) is 25.7. The molecule has 0 unspecified atom stereocenters. The summed E-state index contributed by atoms with van der Waals surface area (Å²) in [5, 5.41) is 0.